The molecule has 0 bridgehead atoms. The summed E-state index contributed by atoms with van der Waals surface area (Å²) in [4.78, 5) is 0. The predicted molar refractivity (Wildman–Crippen MR) is 65.9 cm³/mol. The quantitative estimate of drug-likeness (QED) is 0.733. The Morgan fingerprint density at radius 2 is 1.47 bits per heavy atom. The van der Waals surface area contributed by atoms with E-state index < -0.39 is 0 Å². The molecule has 0 aliphatic heterocycles. The van der Waals surface area contributed by atoms with Gasteiger partial charge in [0.2, 0.25) is 0 Å². The predicted octanol–water partition coefficient (Wildman–Crippen LogP) is 3.59. The Morgan fingerprint density at radius 3 is 1.93 bits per heavy atom. The van der Waals surface area contributed by atoms with Crippen molar-refractivity contribution in [2.75, 3.05) is 0 Å². The number of hydrogen-bond donors (Lipinski definition) is 1. The lowest BCUT2D eigenvalue weighted by Crippen LogP contribution is -2.40. The molecule has 15 heavy (non-hydrogen) atoms. The average Bonchev–Trinajstić information content (AvgIpc) is 2.51. The fraction of sp³-hybridized carbons (Fsp3) is 1.00. The highest BCUT2D eigenvalue weighted by Crippen LogP contribution is 2.63. The van der Waals surface area contributed by atoms with Crippen LogP contribution < -0.4 is 5.32 Å². The van der Waals surface area contributed by atoms with Crippen LogP contribution in [0.5, 0.6) is 0 Å². The SMILES string of the molecule is CC1CCCCC1NC1C(C)(C)C1(C)C. The van der Waals surface area contributed by atoms with Crippen molar-refractivity contribution in [2.24, 2.45) is 16.7 Å². The molecule has 0 saturated heterocycles. The lowest BCUT2D eigenvalue weighted by Gasteiger charge is -2.30. The number of hydrogen-bond acceptors (Lipinski definition) is 1. The van der Waals surface area contributed by atoms with Gasteiger partial charge in [-0.1, -0.05) is 47.5 Å². The molecule has 2 aliphatic carbocycles. The molecule has 1 heteroatoms. The molecular formula is C14H27N. The topological polar surface area (TPSA) is 12.0 Å². The first-order valence-corrected chi connectivity index (χ1v) is 6.63. The highest BCUT2D eigenvalue weighted by atomic mass is 15.1. The van der Waals surface area contributed by atoms with Gasteiger partial charge in [0, 0.05) is 12.1 Å². The van der Waals surface area contributed by atoms with Crippen molar-refractivity contribution >= 4 is 0 Å². The zero-order valence-corrected chi connectivity index (χ0v) is 11.1. The van der Waals surface area contributed by atoms with Gasteiger partial charge in [0.25, 0.3) is 0 Å². The summed E-state index contributed by atoms with van der Waals surface area (Å²) in [5.74, 6) is 0.881. The molecule has 2 rings (SSSR count). The lowest BCUT2D eigenvalue weighted by atomic mass is 9.86. The maximum atomic E-state index is 3.92. The van der Waals surface area contributed by atoms with Gasteiger partial charge in [-0.25, -0.2) is 0 Å². The van der Waals surface area contributed by atoms with Gasteiger partial charge < -0.3 is 5.32 Å². The van der Waals surface area contributed by atoms with Gasteiger partial charge in [-0.2, -0.15) is 0 Å². The van der Waals surface area contributed by atoms with Crippen LogP contribution in [-0.2, 0) is 0 Å². The second kappa shape index (κ2) is 3.48. The minimum Gasteiger partial charge on any atom is -0.310 e. The van der Waals surface area contributed by atoms with Crippen molar-refractivity contribution in [1.29, 1.82) is 0 Å². The smallest absolute Gasteiger partial charge is 0.0183 e. The van der Waals surface area contributed by atoms with Crippen molar-refractivity contribution in [1.82, 2.24) is 5.32 Å². The molecule has 1 nitrogen and oxygen atoms in total. The Morgan fingerprint density at radius 1 is 0.933 bits per heavy atom. The summed E-state index contributed by atoms with van der Waals surface area (Å²) in [7, 11) is 0. The van der Waals surface area contributed by atoms with E-state index in [1.807, 2.05) is 0 Å². The molecule has 0 heterocycles. The molecule has 0 spiro atoms. The first-order valence-electron chi connectivity index (χ1n) is 6.63. The monoisotopic (exact) mass is 209 g/mol. The molecule has 0 aromatic carbocycles. The zero-order valence-electron chi connectivity index (χ0n) is 11.1. The third-order valence-corrected chi connectivity index (χ3v) is 5.51. The van der Waals surface area contributed by atoms with Gasteiger partial charge in [-0.05, 0) is 29.6 Å². The minimum absolute atomic E-state index is 0.490. The van der Waals surface area contributed by atoms with E-state index in [2.05, 4.69) is 39.9 Å². The molecule has 2 aliphatic rings. The maximum Gasteiger partial charge on any atom is 0.0183 e. The summed E-state index contributed by atoms with van der Waals surface area (Å²) in [6, 6.07) is 1.51. The van der Waals surface area contributed by atoms with E-state index in [0.717, 1.165) is 18.0 Å². The standard InChI is InChI=1S/C14H27N/c1-10-8-6-7-9-11(10)15-12-13(2,3)14(12,4)5/h10-12,15H,6-9H2,1-5H3. The third-order valence-electron chi connectivity index (χ3n) is 5.51. The summed E-state index contributed by atoms with van der Waals surface area (Å²) in [5, 5.41) is 3.92. The van der Waals surface area contributed by atoms with E-state index in [9.17, 15) is 0 Å². The minimum atomic E-state index is 0.490. The Bertz CT molecular complexity index is 228. The summed E-state index contributed by atoms with van der Waals surface area (Å²) in [5.41, 5.74) is 0.980. The fourth-order valence-electron chi connectivity index (χ4n) is 3.39. The second-order valence-corrected chi connectivity index (χ2v) is 6.91. The van der Waals surface area contributed by atoms with Crippen LogP contribution in [0.2, 0.25) is 0 Å². The zero-order chi connectivity index (χ0) is 11.3. The first-order chi connectivity index (χ1) is 6.87. The van der Waals surface area contributed by atoms with Gasteiger partial charge in [-0.3, -0.25) is 0 Å². The van der Waals surface area contributed by atoms with E-state index in [1.165, 1.54) is 25.7 Å². The molecule has 2 fully saturated rings. The van der Waals surface area contributed by atoms with Crippen LogP contribution in [0.3, 0.4) is 0 Å². The highest BCUT2D eigenvalue weighted by Gasteiger charge is 2.65. The first kappa shape index (κ1) is 11.4. The molecule has 88 valence electrons. The second-order valence-electron chi connectivity index (χ2n) is 6.91. The van der Waals surface area contributed by atoms with Crippen LogP contribution in [0, 0.1) is 16.7 Å². The molecule has 2 saturated carbocycles. The Hall–Kier alpha value is -0.0400. The Balaban J connectivity index is 1.93. The molecular weight excluding hydrogens is 182 g/mol. The highest BCUT2D eigenvalue weighted by molar-refractivity contribution is 5.18. The normalized spacial score (nSPS) is 39.0. The van der Waals surface area contributed by atoms with E-state index in [1.54, 1.807) is 0 Å². The molecule has 0 radical (unpaired) electrons. The molecule has 2 atom stereocenters. The third kappa shape index (κ3) is 1.73. The van der Waals surface area contributed by atoms with E-state index >= 15 is 0 Å². The molecule has 0 aromatic heterocycles. The van der Waals surface area contributed by atoms with Crippen molar-refractivity contribution in [3.05, 3.63) is 0 Å². The largest absolute Gasteiger partial charge is 0.310 e. The van der Waals surface area contributed by atoms with E-state index in [-0.39, 0.29) is 0 Å². The Kier molecular flexibility index (Phi) is 2.65. The summed E-state index contributed by atoms with van der Waals surface area (Å²) in [6.45, 7) is 12.0. The van der Waals surface area contributed by atoms with Crippen molar-refractivity contribution in [3.8, 4) is 0 Å². The number of nitrogens with one attached hydrogen (secondary N) is 1. The van der Waals surface area contributed by atoms with E-state index in [4.69, 9.17) is 0 Å². The van der Waals surface area contributed by atoms with Gasteiger partial charge in [0.15, 0.2) is 0 Å². The molecule has 0 amide bonds. The van der Waals surface area contributed by atoms with Crippen LogP contribution in [0.4, 0.5) is 0 Å². The molecule has 1 N–H and O–H groups in total. The van der Waals surface area contributed by atoms with Crippen LogP contribution in [-0.4, -0.2) is 12.1 Å². The van der Waals surface area contributed by atoms with Crippen molar-refractivity contribution < 1.29 is 0 Å². The van der Waals surface area contributed by atoms with E-state index in [0.29, 0.717) is 10.8 Å². The average molecular weight is 209 g/mol. The fourth-order valence-corrected chi connectivity index (χ4v) is 3.39. The van der Waals surface area contributed by atoms with Gasteiger partial charge in [0.05, 0.1) is 0 Å². The van der Waals surface area contributed by atoms with Crippen LogP contribution >= 0.6 is 0 Å². The molecule has 2 unspecified atom stereocenters. The van der Waals surface area contributed by atoms with Crippen LogP contribution in [0.15, 0.2) is 0 Å². The van der Waals surface area contributed by atoms with Gasteiger partial charge in [0.1, 0.15) is 0 Å². The van der Waals surface area contributed by atoms with Crippen LogP contribution in [0.1, 0.15) is 60.3 Å². The Labute approximate surface area is 95.0 Å². The van der Waals surface area contributed by atoms with Crippen molar-refractivity contribution in [3.63, 3.8) is 0 Å². The summed E-state index contributed by atoms with van der Waals surface area (Å²) in [6.07, 6.45) is 5.68. The molecule has 0 aromatic rings. The lowest BCUT2D eigenvalue weighted by molar-refractivity contribution is 0.267. The van der Waals surface area contributed by atoms with Crippen LogP contribution in [0.25, 0.3) is 0 Å². The van der Waals surface area contributed by atoms with Crippen molar-refractivity contribution in [2.45, 2.75) is 72.4 Å². The maximum absolute atomic E-state index is 3.92. The summed E-state index contributed by atoms with van der Waals surface area (Å²) < 4.78 is 0. The van der Waals surface area contributed by atoms with Gasteiger partial charge in [-0.15, -0.1) is 0 Å². The van der Waals surface area contributed by atoms with Gasteiger partial charge >= 0.3 is 0 Å². The summed E-state index contributed by atoms with van der Waals surface area (Å²) >= 11 is 0. The number of rotatable bonds is 2.